The highest BCUT2D eigenvalue weighted by atomic mass is 16.1. The van der Waals surface area contributed by atoms with Crippen molar-refractivity contribution in [3.63, 3.8) is 0 Å². The van der Waals surface area contributed by atoms with Gasteiger partial charge in [-0.25, -0.2) is 4.98 Å². The standard InChI is InChI=1S/C9H13N3O/c1-6-2-3-7-4-11-9(8(10)13)12(7)5-6/h4,6H,2-3,5H2,1H3,(H2,10,13). The number of nitrogens with zero attached hydrogens (tertiary/aromatic N) is 2. The van der Waals surface area contributed by atoms with Crippen LogP contribution >= 0.6 is 0 Å². The number of amides is 1. The summed E-state index contributed by atoms with van der Waals surface area (Å²) < 4.78 is 1.94. The summed E-state index contributed by atoms with van der Waals surface area (Å²) in [4.78, 5) is 15.0. The summed E-state index contributed by atoms with van der Waals surface area (Å²) in [6.07, 6.45) is 3.93. The molecular weight excluding hydrogens is 166 g/mol. The molecule has 70 valence electrons. The Morgan fingerprint density at radius 3 is 3.23 bits per heavy atom. The molecule has 1 unspecified atom stereocenters. The van der Waals surface area contributed by atoms with E-state index in [1.165, 1.54) is 6.42 Å². The minimum atomic E-state index is -0.430. The highest BCUT2D eigenvalue weighted by molar-refractivity contribution is 5.89. The molecule has 4 nitrogen and oxygen atoms in total. The van der Waals surface area contributed by atoms with Gasteiger partial charge in [-0.1, -0.05) is 6.92 Å². The third-order valence-corrected chi connectivity index (χ3v) is 2.55. The van der Waals surface area contributed by atoms with Crippen molar-refractivity contribution in [1.82, 2.24) is 9.55 Å². The Morgan fingerprint density at radius 2 is 2.54 bits per heavy atom. The van der Waals surface area contributed by atoms with Crippen LogP contribution in [-0.4, -0.2) is 15.5 Å². The van der Waals surface area contributed by atoms with Crippen LogP contribution in [0.2, 0.25) is 0 Å². The van der Waals surface area contributed by atoms with Gasteiger partial charge in [0.25, 0.3) is 5.91 Å². The van der Waals surface area contributed by atoms with E-state index >= 15 is 0 Å². The largest absolute Gasteiger partial charge is 0.363 e. The monoisotopic (exact) mass is 179 g/mol. The number of carbonyl (C=O) groups is 1. The number of hydrogen-bond donors (Lipinski definition) is 1. The number of primary amides is 1. The maximum Gasteiger partial charge on any atom is 0.284 e. The van der Waals surface area contributed by atoms with Crippen LogP contribution in [0, 0.1) is 5.92 Å². The molecule has 0 aromatic carbocycles. The molecule has 1 atom stereocenters. The maximum absolute atomic E-state index is 11.0. The zero-order valence-electron chi connectivity index (χ0n) is 7.66. The minimum Gasteiger partial charge on any atom is -0.363 e. The number of hydrogen-bond acceptors (Lipinski definition) is 2. The zero-order chi connectivity index (χ0) is 9.42. The molecule has 0 fully saturated rings. The van der Waals surface area contributed by atoms with Crippen LogP contribution in [-0.2, 0) is 13.0 Å². The topological polar surface area (TPSA) is 60.9 Å². The number of fused-ring (bicyclic) bond motifs is 1. The van der Waals surface area contributed by atoms with Crippen molar-refractivity contribution in [1.29, 1.82) is 0 Å². The van der Waals surface area contributed by atoms with E-state index in [1.54, 1.807) is 6.20 Å². The Morgan fingerprint density at radius 1 is 1.77 bits per heavy atom. The summed E-state index contributed by atoms with van der Waals surface area (Å²) in [7, 11) is 0. The molecule has 2 rings (SSSR count). The van der Waals surface area contributed by atoms with Crippen LogP contribution in [0.15, 0.2) is 6.20 Å². The SMILES string of the molecule is CC1CCc2cnc(C(N)=O)n2C1. The lowest BCUT2D eigenvalue weighted by molar-refractivity contribution is 0.0984. The normalized spacial score (nSPS) is 21.2. The van der Waals surface area contributed by atoms with Gasteiger partial charge in [-0.2, -0.15) is 0 Å². The van der Waals surface area contributed by atoms with Crippen LogP contribution in [0.1, 0.15) is 29.7 Å². The third kappa shape index (κ3) is 1.32. The van der Waals surface area contributed by atoms with E-state index in [9.17, 15) is 4.79 Å². The van der Waals surface area contributed by atoms with Gasteiger partial charge in [0, 0.05) is 18.4 Å². The molecule has 0 saturated carbocycles. The first-order valence-corrected chi connectivity index (χ1v) is 4.52. The molecule has 0 spiro atoms. The molecule has 0 radical (unpaired) electrons. The van der Waals surface area contributed by atoms with Crippen LogP contribution in [0.4, 0.5) is 0 Å². The summed E-state index contributed by atoms with van der Waals surface area (Å²) >= 11 is 0. The Balaban J connectivity index is 2.41. The van der Waals surface area contributed by atoms with Crippen molar-refractivity contribution in [3.05, 3.63) is 17.7 Å². The molecule has 1 aromatic heterocycles. The second-order valence-electron chi connectivity index (χ2n) is 3.69. The van der Waals surface area contributed by atoms with Gasteiger partial charge < -0.3 is 10.3 Å². The summed E-state index contributed by atoms with van der Waals surface area (Å²) in [6, 6.07) is 0. The smallest absolute Gasteiger partial charge is 0.284 e. The van der Waals surface area contributed by atoms with Crippen molar-refractivity contribution >= 4 is 5.91 Å². The molecule has 2 N–H and O–H groups in total. The molecule has 0 saturated heterocycles. The van der Waals surface area contributed by atoms with E-state index < -0.39 is 5.91 Å². The van der Waals surface area contributed by atoms with E-state index in [4.69, 9.17) is 5.73 Å². The molecule has 1 amide bonds. The molecule has 1 aliphatic rings. The fourth-order valence-corrected chi connectivity index (χ4v) is 1.81. The maximum atomic E-state index is 11.0. The lowest BCUT2D eigenvalue weighted by Gasteiger charge is -2.21. The summed E-state index contributed by atoms with van der Waals surface area (Å²) in [5.41, 5.74) is 6.34. The van der Waals surface area contributed by atoms with Gasteiger partial charge in [0.15, 0.2) is 5.82 Å². The van der Waals surface area contributed by atoms with Gasteiger partial charge in [-0.05, 0) is 18.8 Å². The highest BCUT2D eigenvalue weighted by Gasteiger charge is 2.20. The average molecular weight is 179 g/mol. The Labute approximate surface area is 76.8 Å². The number of imidazole rings is 1. The van der Waals surface area contributed by atoms with Crippen molar-refractivity contribution in [2.75, 3.05) is 0 Å². The summed E-state index contributed by atoms with van der Waals surface area (Å²) in [5, 5.41) is 0. The lowest BCUT2D eigenvalue weighted by atomic mass is 10.0. The second kappa shape index (κ2) is 2.87. The molecule has 4 heteroatoms. The molecule has 13 heavy (non-hydrogen) atoms. The predicted molar refractivity (Wildman–Crippen MR) is 48.2 cm³/mol. The molecule has 1 aromatic rings. The van der Waals surface area contributed by atoms with E-state index in [0.29, 0.717) is 11.7 Å². The minimum absolute atomic E-state index is 0.404. The van der Waals surface area contributed by atoms with Crippen LogP contribution in [0.3, 0.4) is 0 Å². The number of aryl methyl sites for hydroxylation is 1. The van der Waals surface area contributed by atoms with Crippen LogP contribution < -0.4 is 5.73 Å². The summed E-state index contributed by atoms with van der Waals surface area (Å²) in [6.45, 7) is 3.04. The molecule has 1 aliphatic heterocycles. The first kappa shape index (κ1) is 8.29. The van der Waals surface area contributed by atoms with Crippen molar-refractivity contribution in [3.8, 4) is 0 Å². The van der Waals surface area contributed by atoms with E-state index in [0.717, 1.165) is 18.7 Å². The number of aromatic nitrogens is 2. The molecular formula is C9H13N3O. The van der Waals surface area contributed by atoms with E-state index in [2.05, 4.69) is 11.9 Å². The Kier molecular flexibility index (Phi) is 1.83. The van der Waals surface area contributed by atoms with Gasteiger partial charge in [0.2, 0.25) is 0 Å². The fraction of sp³-hybridized carbons (Fsp3) is 0.556. The van der Waals surface area contributed by atoms with E-state index in [-0.39, 0.29) is 0 Å². The molecule has 0 aliphatic carbocycles. The quantitative estimate of drug-likeness (QED) is 0.684. The number of carbonyl (C=O) groups excluding carboxylic acids is 1. The first-order chi connectivity index (χ1) is 6.18. The van der Waals surface area contributed by atoms with Crippen molar-refractivity contribution in [2.24, 2.45) is 11.7 Å². The summed E-state index contributed by atoms with van der Waals surface area (Å²) in [5.74, 6) is 0.585. The van der Waals surface area contributed by atoms with Gasteiger partial charge in [-0.3, -0.25) is 4.79 Å². The van der Waals surface area contributed by atoms with E-state index in [1.807, 2.05) is 4.57 Å². The zero-order valence-corrected chi connectivity index (χ0v) is 7.66. The van der Waals surface area contributed by atoms with Crippen LogP contribution in [0.5, 0.6) is 0 Å². The average Bonchev–Trinajstić information content (AvgIpc) is 2.46. The third-order valence-electron chi connectivity index (χ3n) is 2.55. The van der Waals surface area contributed by atoms with Gasteiger partial charge in [0.1, 0.15) is 0 Å². The molecule has 2 heterocycles. The Hall–Kier alpha value is -1.32. The Bertz CT molecular complexity index is 343. The van der Waals surface area contributed by atoms with Crippen LogP contribution in [0.25, 0.3) is 0 Å². The highest BCUT2D eigenvalue weighted by Crippen LogP contribution is 2.20. The fourth-order valence-electron chi connectivity index (χ4n) is 1.81. The predicted octanol–water partition coefficient (Wildman–Crippen LogP) is 0.564. The van der Waals surface area contributed by atoms with Gasteiger partial charge in [-0.15, -0.1) is 0 Å². The van der Waals surface area contributed by atoms with Crippen molar-refractivity contribution in [2.45, 2.75) is 26.3 Å². The van der Waals surface area contributed by atoms with Gasteiger partial charge >= 0.3 is 0 Å². The number of nitrogens with two attached hydrogens (primary N) is 1. The van der Waals surface area contributed by atoms with Crippen molar-refractivity contribution < 1.29 is 4.79 Å². The number of rotatable bonds is 1. The first-order valence-electron chi connectivity index (χ1n) is 4.52. The second-order valence-corrected chi connectivity index (χ2v) is 3.69. The lowest BCUT2D eigenvalue weighted by Crippen LogP contribution is -2.24. The van der Waals surface area contributed by atoms with Gasteiger partial charge in [0.05, 0.1) is 0 Å². The molecule has 0 bridgehead atoms.